The van der Waals surface area contributed by atoms with E-state index in [2.05, 4.69) is 5.32 Å². The molecular weight excluding hydrogens is 323 g/mol. The summed E-state index contributed by atoms with van der Waals surface area (Å²) >= 11 is 0. The van der Waals surface area contributed by atoms with Crippen molar-refractivity contribution in [2.24, 2.45) is 0 Å². The second-order valence-electron chi connectivity index (χ2n) is 6.84. The predicted octanol–water partition coefficient (Wildman–Crippen LogP) is 2.35. The molecule has 0 aromatic heterocycles. The molecule has 2 aliphatic rings. The number of carbonyl (C=O) groups excluding carboxylic acids is 2. The average molecular weight is 348 g/mol. The van der Waals surface area contributed by atoms with Gasteiger partial charge in [-0.3, -0.25) is 9.59 Å². The number of hydrogen-bond acceptors (Lipinski definition) is 3. The minimum Gasteiger partial charge on any atom is -0.378 e. The van der Waals surface area contributed by atoms with E-state index in [4.69, 9.17) is 4.74 Å². The van der Waals surface area contributed by atoms with Crippen LogP contribution in [0.3, 0.4) is 0 Å². The van der Waals surface area contributed by atoms with Crippen molar-refractivity contribution >= 4 is 11.8 Å². The van der Waals surface area contributed by atoms with Crippen molar-refractivity contribution in [1.82, 2.24) is 10.2 Å². The fourth-order valence-electron chi connectivity index (χ4n) is 3.75. The van der Waals surface area contributed by atoms with Gasteiger partial charge in [0.25, 0.3) is 0 Å². The van der Waals surface area contributed by atoms with E-state index < -0.39 is 5.54 Å². The quantitative estimate of drug-likeness (QED) is 0.889. The molecule has 2 fully saturated rings. The number of carbonyl (C=O) groups is 2. The van der Waals surface area contributed by atoms with E-state index in [0.717, 1.165) is 31.2 Å². The lowest BCUT2D eigenvalue weighted by molar-refractivity contribution is -0.137. The van der Waals surface area contributed by atoms with Gasteiger partial charge in [-0.2, -0.15) is 0 Å². The summed E-state index contributed by atoms with van der Waals surface area (Å²) in [5, 5.41) is 3.13. The summed E-state index contributed by atoms with van der Waals surface area (Å²) in [6.07, 6.45) is 4.16. The highest BCUT2D eigenvalue weighted by Gasteiger charge is 2.37. The van der Waals surface area contributed by atoms with Crippen LogP contribution in [0.2, 0.25) is 0 Å². The summed E-state index contributed by atoms with van der Waals surface area (Å²) in [4.78, 5) is 26.4. The van der Waals surface area contributed by atoms with Crippen LogP contribution in [0.25, 0.3) is 0 Å². The highest BCUT2D eigenvalue weighted by molar-refractivity contribution is 5.84. The van der Waals surface area contributed by atoms with Crippen LogP contribution in [-0.2, 0) is 19.9 Å². The Morgan fingerprint density at radius 3 is 2.36 bits per heavy atom. The molecule has 1 saturated carbocycles. The molecule has 1 aromatic rings. The van der Waals surface area contributed by atoms with E-state index in [1.165, 1.54) is 12.1 Å². The molecular formula is C19H25FN2O3. The third-order valence-corrected chi connectivity index (χ3v) is 5.16. The first kappa shape index (κ1) is 17.9. The zero-order valence-electron chi connectivity index (χ0n) is 14.4. The van der Waals surface area contributed by atoms with Gasteiger partial charge in [0.2, 0.25) is 11.8 Å². The Kier molecular flexibility index (Phi) is 5.68. The second kappa shape index (κ2) is 7.95. The maximum atomic E-state index is 13.2. The number of nitrogens with zero attached hydrogens (tertiary/aromatic N) is 1. The summed E-state index contributed by atoms with van der Waals surface area (Å²) in [6.45, 7) is 2.32. The third-order valence-electron chi connectivity index (χ3n) is 5.16. The molecule has 1 heterocycles. The van der Waals surface area contributed by atoms with Gasteiger partial charge < -0.3 is 15.0 Å². The lowest BCUT2D eigenvalue weighted by Gasteiger charge is -2.31. The van der Waals surface area contributed by atoms with Crippen LogP contribution in [0, 0.1) is 5.82 Å². The number of amides is 2. The Balaban J connectivity index is 1.57. The van der Waals surface area contributed by atoms with Gasteiger partial charge >= 0.3 is 0 Å². The van der Waals surface area contributed by atoms with Crippen molar-refractivity contribution in [2.75, 3.05) is 26.3 Å². The Morgan fingerprint density at radius 2 is 1.72 bits per heavy atom. The maximum absolute atomic E-state index is 13.2. The normalized spacial score (nSPS) is 19.6. The van der Waals surface area contributed by atoms with Crippen molar-refractivity contribution < 1.29 is 18.7 Å². The molecule has 1 saturated heterocycles. The summed E-state index contributed by atoms with van der Waals surface area (Å²) in [5.74, 6) is -0.395. The Morgan fingerprint density at radius 1 is 1.08 bits per heavy atom. The monoisotopic (exact) mass is 348 g/mol. The van der Waals surface area contributed by atoms with Crippen LogP contribution < -0.4 is 5.32 Å². The third kappa shape index (κ3) is 4.37. The lowest BCUT2D eigenvalue weighted by atomic mass is 9.88. The molecule has 136 valence electrons. The molecule has 2 amide bonds. The molecule has 25 heavy (non-hydrogen) atoms. The second-order valence-corrected chi connectivity index (χ2v) is 6.84. The Hall–Kier alpha value is -1.95. The number of nitrogens with one attached hydrogen (secondary N) is 1. The Bertz CT molecular complexity index is 606. The standard InChI is InChI=1S/C19H25FN2O3/c20-16-5-3-15(4-6-16)19(9-1-2-10-19)21-17(23)7-8-18(24)22-11-13-25-14-12-22/h3-6H,1-2,7-14H2,(H,21,23). The number of morpholine rings is 1. The van der Waals surface area contributed by atoms with Gasteiger partial charge in [0.1, 0.15) is 5.82 Å². The smallest absolute Gasteiger partial charge is 0.223 e. The van der Waals surface area contributed by atoms with E-state index in [1.54, 1.807) is 17.0 Å². The van der Waals surface area contributed by atoms with E-state index in [-0.39, 0.29) is 30.5 Å². The van der Waals surface area contributed by atoms with E-state index in [0.29, 0.717) is 26.3 Å². The first-order chi connectivity index (χ1) is 12.1. The number of hydrogen-bond donors (Lipinski definition) is 1. The minimum absolute atomic E-state index is 0.000652. The molecule has 1 N–H and O–H groups in total. The fraction of sp³-hybridized carbons (Fsp3) is 0.579. The highest BCUT2D eigenvalue weighted by atomic mass is 19.1. The molecule has 0 unspecified atom stereocenters. The molecule has 6 heteroatoms. The van der Waals surface area contributed by atoms with Crippen molar-refractivity contribution in [3.63, 3.8) is 0 Å². The van der Waals surface area contributed by atoms with Crippen LogP contribution in [0.5, 0.6) is 0 Å². The SMILES string of the molecule is O=C(CCC(=O)N1CCOCC1)NC1(c2ccc(F)cc2)CCCC1. The number of benzene rings is 1. The zero-order valence-corrected chi connectivity index (χ0v) is 14.4. The van der Waals surface area contributed by atoms with Gasteiger partial charge in [-0.1, -0.05) is 25.0 Å². The maximum Gasteiger partial charge on any atom is 0.223 e. The van der Waals surface area contributed by atoms with Crippen molar-refractivity contribution in [1.29, 1.82) is 0 Å². The number of ether oxygens (including phenoxy) is 1. The number of halogens is 1. The molecule has 0 bridgehead atoms. The fourth-order valence-corrected chi connectivity index (χ4v) is 3.75. The highest BCUT2D eigenvalue weighted by Crippen LogP contribution is 2.38. The minimum atomic E-state index is -0.424. The van der Waals surface area contributed by atoms with E-state index >= 15 is 0 Å². The lowest BCUT2D eigenvalue weighted by Crippen LogP contribution is -2.45. The summed E-state index contributed by atoms with van der Waals surface area (Å²) < 4.78 is 18.4. The van der Waals surface area contributed by atoms with E-state index in [1.807, 2.05) is 0 Å². The largest absolute Gasteiger partial charge is 0.378 e. The molecule has 1 aromatic carbocycles. The van der Waals surface area contributed by atoms with Crippen LogP contribution in [0.15, 0.2) is 24.3 Å². The number of rotatable bonds is 5. The topological polar surface area (TPSA) is 58.6 Å². The zero-order chi connectivity index (χ0) is 17.7. The Labute approximate surface area is 147 Å². The molecule has 0 atom stereocenters. The van der Waals surface area contributed by atoms with Crippen molar-refractivity contribution in [3.05, 3.63) is 35.6 Å². The van der Waals surface area contributed by atoms with Gasteiger partial charge in [-0.05, 0) is 30.5 Å². The van der Waals surface area contributed by atoms with Gasteiger partial charge in [-0.25, -0.2) is 4.39 Å². The van der Waals surface area contributed by atoms with Gasteiger partial charge in [-0.15, -0.1) is 0 Å². The predicted molar refractivity (Wildman–Crippen MR) is 91.3 cm³/mol. The summed E-state index contributed by atoms with van der Waals surface area (Å²) in [5.41, 5.74) is 0.520. The molecule has 1 aliphatic heterocycles. The summed E-state index contributed by atoms with van der Waals surface area (Å²) in [6, 6.07) is 6.37. The molecule has 1 aliphatic carbocycles. The van der Waals surface area contributed by atoms with E-state index in [9.17, 15) is 14.0 Å². The summed E-state index contributed by atoms with van der Waals surface area (Å²) in [7, 11) is 0. The molecule has 0 spiro atoms. The van der Waals surface area contributed by atoms with Crippen LogP contribution in [0.1, 0.15) is 44.1 Å². The first-order valence-corrected chi connectivity index (χ1v) is 9.02. The first-order valence-electron chi connectivity index (χ1n) is 9.02. The van der Waals surface area contributed by atoms with Gasteiger partial charge in [0.15, 0.2) is 0 Å². The van der Waals surface area contributed by atoms with Gasteiger partial charge in [0.05, 0.1) is 18.8 Å². The van der Waals surface area contributed by atoms with Crippen LogP contribution >= 0.6 is 0 Å². The molecule has 3 rings (SSSR count). The molecule has 5 nitrogen and oxygen atoms in total. The molecule has 0 radical (unpaired) electrons. The van der Waals surface area contributed by atoms with Crippen molar-refractivity contribution in [3.8, 4) is 0 Å². The van der Waals surface area contributed by atoms with Crippen molar-refractivity contribution in [2.45, 2.75) is 44.1 Å². The van der Waals surface area contributed by atoms with Gasteiger partial charge in [0, 0.05) is 25.9 Å². The average Bonchev–Trinajstić information content (AvgIpc) is 3.10. The van der Waals surface area contributed by atoms with Crippen LogP contribution in [0.4, 0.5) is 4.39 Å². The van der Waals surface area contributed by atoms with Crippen LogP contribution in [-0.4, -0.2) is 43.0 Å².